The average Bonchev–Trinajstić information content (AvgIpc) is 3.09. The Balaban J connectivity index is 1.98. The molecule has 0 aliphatic rings. The zero-order valence-corrected chi connectivity index (χ0v) is 16.3. The van der Waals surface area contributed by atoms with Gasteiger partial charge in [-0.2, -0.15) is 0 Å². The van der Waals surface area contributed by atoms with Crippen molar-refractivity contribution in [2.24, 2.45) is 5.92 Å². The lowest BCUT2D eigenvalue weighted by Crippen LogP contribution is -2.26. The highest BCUT2D eigenvalue weighted by molar-refractivity contribution is 7.99. The Kier molecular flexibility index (Phi) is 6.04. The van der Waals surface area contributed by atoms with Gasteiger partial charge in [0, 0.05) is 5.25 Å². The number of hydrogen-bond donors (Lipinski definition) is 2. The first-order valence-corrected chi connectivity index (χ1v) is 9.87. The van der Waals surface area contributed by atoms with E-state index in [-0.39, 0.29) is 5.25 Å². The maximum Gasteiger partial charge on any atom is 0.311 e. The average molecular weight is 399 g/mol. The Morgan fingerprint density at radius 2 is 1.68 bits per heavy atom. The molecule has 28 heavy (non-hydrogen) atoms. The lowest BCUT2D eigenvalue weighted by molar-refractivity contribution is -0.149. The van der Waals surface area contributed by atoms with Crippen molar-refractivity contribution in [2.75, 3.05) is 0 Å². The van der Waals surface area contributed by atoms with Crippen LogP contribution >= 0.6 is 11.8 Å². The van der Waals surface area contributed by atoms with Crippen molar-refractivity contribution in [2.45, 2.75) is 36.7 Å². The molecular formula is C21H21NO5S. The summed E-state index contributed by atoms with van der Waals surface area (Å²) >= 11 is 1.41. The van der Waals surface area contributed by atoms with Gasteiger partial charge >= 0.3 is 11.9 Å². The number of aromatic nitrogens is 1. The SMILES string of the molecule is CCC(Sc1nc2ccccc2o1)c1ccccc1C(C(=O)O)C(C)C(=O)O. The first-order chi connectivity index (χ1) is 13.4. The molecule has 1 aromatic heterocycles. The third kappa shape index (κ3) is 4.04. The fraction of sp³-hybridized carbons (Fsp3) is 0.286. The van der Waals surface area contributed by atoms with Crippen molar-refractivity contribution in [1.82, 2.24) is 4.98 Å². The molecule has 6 nitrogen and oxygen atoms in total. The Morgan fingerprint density at radius 1 is 1.04 bits per heavy atom. The first kappa shape index (κ1) is 19.9. The predicted octanol–water partition coefficient (Wildman–Crippen LogP) is 4.96. The standard InChI is InChI=1S/C21H21NO5S/c1-3-17(28-21-22-15-10-6-7-11-16(15)27-21)13-8-4-5-9-14(13)18(20(25)26)12(2)19(23)24/h4-12,17-18H,3H2,1-2H3,(H,23,24)(H,25,26). The number of benzene rings is 2. The van der Waals surface area contributed by atoms with Gasteiger partial charge < -0.3 is 14.6 Å². The predicted molar refractivity (Wildman–Crippen MR) is 107 cm³/mol. The highest BCUT2D eigenvalue weighted by Gasteiger charge is 2.34. The normalized spacial score (nSPS) is 14.5. The molecule has 0 bridgehead atoms. The van der Waals surface area contributed by atoms with Crippen molar-refractivity contribution in [3.63, 3.8) is 0 Å². The third-order valence-electron chi connectivity index (χ3n) is 4.72. The quantitative estimate of drug-likeness (QED) is 0.516. The lowest BCUT2D eigenvalue weighted by atomic mass is 9.83. The van der Waals surface area contributed by atoms with Gasteiger partial charge in [-0.15, -0.1) is 0 Å². The highest BCUT2D eigenvalue weighted by atomic mass is 32.2. The summed E-state index contributed by atoms with van der Waals surface area (Å²) in [7, 11) is 0. The molecule has 7 heteroatoms. The van der Waals surface area contributed by atoms with Gasteiger partial charge in [0.1, 0.15) is 5.52 Å². The number of carboxylic acid groups (broad SMARTS) is 2. The number of carboxylic acids is 2. The summed E-state index contributed by atoms with van der Waals surface area (Å²) < 4.78 is 5.80. The second-order valence-corrected chi connectivity index (χ2v) is 7.69. The number of hydrogen-bond acceptors (Lipinski definition) is 5. The van der Waals surface area contributed by atoms with Gasteiger partial charge in [0.15, 0.2) is 5.58 Å². The van der Waals surface area contributed by atoms with Crippen LogP contribution < -0.4 is 0 Å². The molecule has 0 spiro atoms. The molecule has 0 aliphatic carbocycles. The van der Waals surface area contributed by atoms with E-state index in [9.17, 15) is 19.8 Å². The summed E-state index contributed by atoms with van der Waals surface area (Å²) in [6, 6.07) is 14.6. The fourth-order valence-electron chi connectivity index (χ4n) is 3.24. The van der Waals surface area contributed by atoms with Crippen LogP contribution in [0, 0.1) is 5.92 Å². The largest absolute Gasteiger partial charge is 0.481 e. The first-order valence-electron chi connectivity index (χ1n) is 8.99. The van der Waals surface area contributed by atoms with E-state index in [1.807, 2.05) is 43.3 Å². The second kappa shape index (κ2) is 8.48. The Labute approximate surface area is 166 Å². The van der Waals surface area contributed by atoms with Crippen LogP contribution in [0.5, 0.6) is 0 Å². The molecule has 0 aliphatic heterocycles. The van der Waals surface area contributed by atoms with Gasteiger partial charge in [-0.3, -0.25) is 9.59 Å². The number of fused-ring (bicyclic) bond motifs is 1. The molecule has 0 fully saturated rings. The fourth-order valence-corrected chi connectivity index (χ4v) is 4.28. The van der Waals surface area contributed by atoms with Crippen LogP contribution in [0.4, 0.5) is 0 Å². The molecule has 0 saturated heterocycles. The molecule has 0 saturated carbocycles. The molecule has 3 atom stereocenters. The van der Waals surface area contributed by atoms with Gasteiger partial charge in [-0.1, -0.05) is 62.0 Å². The van der Waals surface area contributed by atoms with E-state index in [4.69, 9.17) is 4.42 Å². The van der Waals surface area contributed by atoms with Crippen molar-refractivity contribution >= 4 is 34.8 Å². The number of thioether (sulfide) groups is 1. The zero-order chi connectivity index (χ0) is 20.3. The number of para-hydroxylation sites is 2. The van der Waals surface area contributed by atoms with Crippen LogP contribution in [0.2, 0.25) is 0 Å². The minimum Gasteiger partial charge on any atom is -0.481 e. The minimum absolute atomic E-state index is 0.118. The summed E-state index contributed by atoms with van der Waals surface area (Å²) in [5.41, 5.74) is 2.75. The summed E-state index contributed by atoms with van der Waals surface area (Å²) in [4.78, 5) is 27.8. The van der Waals surface area contributed by atoms with Crippen LogP contribution in [-0.2, 0) is 9.59 Å². The van der Waals surface area contributed by atoms with Crippen LogP contribution in [0.25, 0.3) is 11.1 Å². The summed E-state index contributed by atoms with van der Waals surface area (Å²) in [6.07, 6.45) is 0.703. The summed E-state index contributed by atoms with van der Waals surface area (Å²) in [5, 5.41) is 19.5. The van der Waals surface area contributed by atoms with E-state index in [1.54, 1.807) is 12.1 Å². The maximum atomic E-state index is 11.9. The van der Waals surface area contributed by atoms with E-state index in [2.05, 4.69) is 4.98 Å². The molecule has 2 N–H and O–H groups in total. The van der Waals surface area contributed by atoms with Gasteiger partial charge in [-0.25, -0.2) is 4.98 Å². The second-order valence-electron chi connectivity index (χ2n) is 6.53. The molecule has 3 unspecified atom stereocenters. The van der Waals surface area contributed by atoms with Gasteiger partial charge in [0.25, 0.3) is 5.22 Å². The Morgan fingerprint density at radius 3 is 2.29 bits per heavy atom. The van der Waals surface area contributed by atoms with Gasteiger partial charge in [-0.05, 0) is 29.7 Å². The Bertz CT molecular complexity index is 966. The van der Waals surface area contributed by atoms with Crippen molar-refractivity contribution in [1.29, 1.82) is 0 Å². The van der Waals surface area contributed by atoms with Crippen LogP contribution in [-0.4, -0.2) is 27.1 Å². The third-order valence-corrected chi connectivity index (χ3v) is 5.97. The van der Waals surface area contributed by atoms with Crippen LogP contribution in [0.3, 0.4) is 0 Å². The molecule has 146 valence electrons. The highest BCUT2D eigenvalue weighted by Crippen LogP contribution is 2.42. The van der Waals surface area contributed by atoms with Crippen molar-refractivity contribution in [3.8, 4) is 0 Å². The van der Waals surface area contributed by atoms with Crippen molar-refractivity contribution in [3.05, 3.63) is 59.7 Å². The summed E-state index contributed by atoms with van der Waals surface area (Å²) in [6.45, 7) is 3.42. The smallest absolute Gasteiger partial charge is 0.311 e. The van der Waals surface area contributed by atoms with Crippen LogP contribution in [0.15, 0.2) is 58.2 Å². The van der Waals surface area contributed by atoms with E-state index in [0.717, 1.165) is 11.1 Å². The zero-order valence-electron chi connectivity index (χ0n) is 15.5. The van der Waals surface area contributed by atoms with Crippen molar-refractivity contribution < 1.29 is 24.2 Å². The van der Waals surface area contributed by atoms with E-state index in [0.29, 0.717) is 22.8 Å². The molecule has 3 rings (SSSR count). The van der Waals surface area contributed by atoms with Crippen LogP contribution in [0.1, 0.15) is 42.6 Å². The van der Waals surface area contributed by atoms with E-state index < -0.39 is 23.8 Å². The number of carbonyl (C=O) groups is 2. The molecular weight excluding hydrogens is 378 g/mol. The number of nitrogens with zero attached hydrogens (tertiary/aromatic N) is 1. The minimum atomic E-state index is -1.15. The lowest BCUT2D eigenvalue weighted by Gasteiger charge is -2.23. The molecule has 2 aromatic carbocycles. The summed E-state index contributed by atoms with van der Waals surface area (Å²) in [5.74, 6) is -4.47. The topological polar surface area (TPSA) is 101 Å². The number of rotatable bonds is 8. The molecule has 0 amide bonds. The van der Waals surface area contributed by atoms with E-state index in [1.165, 1.54) is 18.7 Å². The Hall–Kier alpha value is -2.80. The number of oxazole rings is 1. The van der Waals surface area contributed by atoms with Gasteiger partial charge in [0.2, 0.25) is 0 Å². The molecule has 1 heterocycles. The van der Waals surface area contributed by atoms with Gasteiger partial charge in [0.05, 0.1) is 11.8 Å². The molecule has 3 aromatic rings. The number of aliphatic carboxylic acids is 2. The monoisotopic (exact) mass is 399 g/mol. The van der Waals surface area contributed by atoms with E-state index >= 15 is 0 Å². The molecule has 0 radical (unpaired) electrons. The maximum absolute atomic E-state index is 11.9.